The van der Waals surface area contributed by atoms with Crippen molar-refractivity contribution in [2.75, 3.05) is 26.7 Å². The molecular weight excluding hydrogens is 288 g/mol. The molecule has 1 unspecified atom stereocenters. The number of carbonyl (C=O) groups is 1. The molecule has 0 radical (unpaired) electrons. The minimum absolute atomic E-state index is 0. The number of hydrogen-bond acceptors (Lipinski definition) is 3. The molecule has 1 amide bonds. The predicted octanol–water partition coefficient (Wildman–Crippen LogP) is 2.43. The maximum atomic E-state index is 12.4. The summed E-state index contributed by atoms with van der Waals surface area (Å²) < 4.78 is 5.24. The summed E-state index contributed by atoms with van der Waals surface area (Å²) in [5.74, 6) is 1.30. The van der Waals surface area contributed by atoms with E-state index in [0.29, 0.717) is 6.42 Å². The minimum atomic E-state index is 0. The number of rotatable bonds is 4. The van der Waals surface area contributed by atoms with Gasteiger partial charge in [-0.25, -0.2) is 0 Å². The van der Waals surface area contributed by atoms with Crippen LogP contribution in [0.3, 0.4) is 0 Å². The van der Waals surface area contributed by atoms with E-state index < -0.39 is 0 Å². The first-order valence-corrected chi connectivity index (χ1v) is 7.26. The van der Waals surface area contributed by atoms with Crippen molar-refractivity contribution in [1.82, 2.24) is 10.2 Å². The molecule has 0 saturated carbocycles. The second-order valence-corrected chi connectivity index (χ2v) is 5.52. The molecule has 1 saturated heterocycles. The Bertz CT molecular complexity index is 467. The molecule has 1 aromatic carbocycles. The van der Waals surface area contributed by atoms with Gasteiger partial charge in [0.2, 0.25) is 5.91 Å². The molecule has 4 nitrogen and oxygen atoms in total. The lowest BCUT2D eigenvalue weighted by Gasteiger charge is -2.34. The third kappa shape index (κ3) is 4.61. The quantitative estimate of drug-likeness (QED) is 0.928. The summed E-state index contributed by atoms with van der Waals surface area (Å²) in [6, 6.07) is 8.26. The van der Waals surface area contributed by atoms with Gasteiger partial charge in [-0.2, -0.15) is 0 Å². The van der Waals surface area contributed by atoms with Crippen molar-refractivity contribution < 1.29 is 9.53 Å². The molecule has 1 aliphatic rings. The number of methoxy groups -OCH3 is 1. The summed E-state index contributed by atoms with van der Waals surface area (Å²) in [4.78, 5) is 14.4. The van der Waals surface area contributed by atoms with Crippen molar-refractivity contribution in [2.45, 2.75) is 32.2 Å². The van der Waals surface area contributed by atoms with Gasteiger partial charge in [-0.05, 0) is 30.5 Å². The second-order valence-electron chi connectivity index (χ2n) is 5.52. The molecule has 0 aromatic heterocycles. The van der Waals surface area contributed by atoms with Crippen LogP contribution in [-0.2, 0) is 4.79 Å². The third-order valence-electron chi connectivity index (χ3n) is 3.97. The van der Waals surface area contributed by atoms with Crippen LogP contribution >= 0.6 is 12.4 Å². The topological polar surface area (TPSA) is 41.6 Å². The van der Waals surface area contributed by atoms with Crippen LogP contribution in [0.4, 0.5) is 0 Å². The van der Waals surface area contributed by atoms with E-state index in [4.69, 9.17) is 4.74 Å². The number of nitrogens with one attached hydrogen (secondary N) is 1. The van der Waals surface area contributed by atoms with Gasteiger partial charge >= 0.3 is 0 Å². The molecule has 21 heavy (non-hydrogen) atoms. The molecule has 1 heterocycles. The summed E-state index contributed by atoms with van der Waals surface area (Å²) in [5.41, 5.74) is 1.15. The van der Waals surface area contributed by atoms with Crippen LogP contribution in [0.2, 0.25) is 0 Å². The molecule has 118 valence electrons. The van der Waals surface area contributed by atoms with E-state index in [1.54, 1.807) is 7.11 Å². The van der Waals surface area contributed by atoms with Crippen molar-refractivity contribution in [3.05, 3.63) is 29.8 Å². The molecule has 0 aliphatic carbocycles. The van der Waals surface area contributed by atoms with Crippen molar-refractivity contribution >= 4 is 18.3 Å². The fourth-order valence-corrected chi connectivity index (χ4v) is 2.66. The first-order valence-electron chi connectivity index (χ1n) is 7.26. The number of ether oxygens (including phenoxy) is 1. The number of carbonyl (C=O) groups excluding carboxylic acids is 1. The number of nitrogens with zero attached hydrogens (tertiary/aromatic N) is 1. The first-order chi connectivity index (χ1) is 9.61. The van der Waals surface area contributed by atoms with Gasteiger partial charge < -0.3 is 15.0 Å². The van der Waals surface area contributed by atoms with Gasteiger partial charge in [-0.3, -0.25) is 4.79 Å². The van der Waals surface area contributed by atoms with E-state index in [9.17, 15) is 4.79 Å². The summed E-state index contributed by atoms with van der Waals surface area (Å²) in [5, 5.41) is 3.31. The molecule has 1 aromatic rings. The average Bonchev–Trinajstić information content (AvgIpc) is 2.47. The number of amides is 1. The maximum Gasteiger partial charge on any atom is 0.223 e. The Morgan fingerprint density at radius 1 is 1.52 bits per heavy atom. The smallest absolute Gasteiger partial charge is 0.223 e. The number of piperazine rings is 1. The van der Waals surface area contributed by atoms with E-state index in [-0.39, 0.29) is 30.3 Å². The Hall–Kier alpha value is -1.26. The molecule has 1 aliphatic heterocycles. The first kappa shape index (κ1) is 17.8. The van der Waals surface area contributed by atoms with Crippen LogP contribution in [-0.4, -0.2) is 43.6 Å². The zero-order valence-corrected chi connectivity index (χ0v) is 13.8. The Morgan fingerprint density at radius 2 is 2.29 bits per heavy atom. The SMILES string of the molecule is COc1cccc(C(C)CC(=O)N2CCNC[C@@H]2C)c1.Cl. The van der Waals surface area contributed by atoms with Gasteiger partial charge in [0.25, 0.3) is 0 Å². The van der Waals surface area contributed by atoms with Crippen LogP contribution in [0.5, 0.6) is 5.75 Å². The van der Waals surface area contributed by atoms with Gasteiger partial charge in [0.15, 0.2) is 0 Å². The molecule has 5 heteroatoms. The van der Waals surface area contributed by atoms with Gasteiger partial charge in [0, 0.05) is 32.1 Å². The van der Waals surface area contributed by atoms with Crippen molar-refractivity contribution in [3.8, 4) is 5.75 Å². The summed E-state index contributed by atoms with van der Waals surface area (Å²) in [6.45, 7) is 6.79. The number of hydrogen-bond donors (Lipinski definition) is 1. The Balaban J connectivity index is 0.00000220. The van der Waals surface area contributed by atoms with Gasteiger partial charge in [0.1, 0.15) is 5.75 Å². The van der Waals surface area contributed by atoms with Crippen LogP contribution in [0.1, 0.15) is 31.7 Å². The van der Waals surface area contributed by atoms with Crippen molar-refractivity contribution in [3.63, 3.8) is 0 Å². The molecule has 0 spiro atoms. The van der Waals surface area contributed by atoms with Crippen LogP contribution < -0.4 is 10.1 Å². The molecule has 1 fully saturated rings. The van der Waals surface area contributed by atoms with Gasteiger partial charge in [0.05, 0.1) is 7.11 Å². The highest BCUT2D eigenvalue weighted by molar-refractivity contribution is 5.85. The van der Waals surface area contributed by atoms with Crippen molar-refractivity contribution in [1.29, 1.82) is 0 Å². The molecule has 2 atom stereocenters. The fraction of sp³-hybridized carbons (Fsp3) is 0.562. The third-order valence-corrected chi connectivity index (χ3v) is 3.97. The average molecular weight is 313 g/mol. The molecule has 0 bridgehead atoms. The highest BCUT2D eigenvalue weighted by Crippen LogP contribution is 2.24. The monoisotopic (exact) mass is 312 g/mol. The van der Waals surface area contributed by atoms with Crippen LogP contribution in [0.15, 0.2) is 24.3 Å². The van der Waals surface area contributed by atoms with Crippen LogP contribution in [0, 0.1) is 0 Å². The standard InChI is InChI=1S/C16H24N2O2.ClH/c1-12(14-5-4-6-15(10-14)20-3)9-16(19)18-8-7-17-11-13(18)2;/h4-6,10,12-13,17H,7-9,11H2,1-3H3;1H/t12?,13-;/m0./s1. The van der Waals surface area contributed by atoms with Crippen LogP contribution in [0.25, 0.3) is 0 Å². The minimum Gasteiger partial charge on any atom is -0.497 e. The summed E-state index contributed by atoms with van der Waals surface area (Å²) in [6.07, 6.45) is 0.553. The fourth-order valence-electron chi connectivity index (χ4n) is 2.66. The van der Waals surface area contributed by atoms with Gasteiger partial charge in [-0.1, -0.05) is 19.1 Å². The van der Waals surface area contributed by atoms with E-state index in [0.717, 1.165) is 30.9 Å². The Kier molecular flexibility index (Phi) is 6.99. The lowest BCUT2D eigenvalue weighted by Crippen LogP contribution is -2.52. The summed E-state index contributed by atoms with van der Waals surface area (Å²) >= 11 is 0. The summed E-state index contributed by atoms with van der Waals surface area (Å²) in [7, 11) is 1.66. The molecular formula is C16H25ClN2O2. The van der Waals surface area contributed by atoms with E-state index >= 15 is 0 Å². The Labute approximate surface area is 133 Å². The zero-order valence-electron chi connectivity index (χ0n) is 13.0. The van der Waals surface area contributed by atoms with Crippen molar-refractivity contribution in [2.24, 2.45) is 0 Å². The van der Waals surface area contributed by atoms with E-state index in [1.165, 1.54) is 0 Å². The lowest BCUT2D eigenvalue weighted by atomic mass is 9.96. The normalized spacial score (nSPS) is 19.6. The predicted molar refractivity (Wildman–Crippen MR) is 87.3 cm³/mol. The number of halogens is 1. The Morgan fingerprint density at radius 3 is 2.95 bits per heavy atom. The highest BCUT2D eigenvalue weighted by atomic mass is 35.5. The molecule has 1 N–H and O–H groups in total. The largest absolute Gasteiger partial charge is 0.497 e. The molecule has 2 rings (SSSR count). The lowest BCUT2D eigenvalue weighted by molar-refractivity contribution is -0.134. The van der Waals surface area contributed by atoms with E-state index in [1.807, 2.05) is 23.1 Å². The van der Waals surface area contributed by atoms with E-state index in [2.05, 4.69) is 25.2 Å². The highest BCUT2D eigenvalue weighted by Gasteiger charge is 2.24. The number of benzene rings is 1. The second kappa shape index (κ2) is 8.25. The van der Waals surface area contributed by atoms with Gasteiger partial charge in [-0.15, -0.1) is 12.4 Å². The zero-order chi connectivity index (χ0) is 14.5. The maximum absolute atomic E-state index is 12.4.